The van der Waals surface area contributed by atoms with Gasteiger partial charge in [-0.15, -0.1) is 0 Å². The van der Waals surface area contributed by atoms with Crippen LogP contribution in [-0.4, -0.2) is 57.3 Å². The Balaban J connectivity index is 1.42. The molecule has 2 bridgehead atoms. The van der Waals surface area contributed by atoms with Gasteiger partial charge in [-0.2, -0.15) is 0 Å². The van der Waals surface area contributed by atoms with Crippen LogP contribution >= 0.6 is 0 Å². The van der Waals surface area contributed by atoms with Crippen molar-refractivity contribution >= 4 is 11.8 Å². The molecule has 2 atom stereocenters. The summed E-state index contributed by atoms with van der Waals surface area (Å²) in [5.74, 6) is 0.450. The average molecular weight is 364 g/mol. The molecule has 2 aromatic rings. The molecule has 0 N–H and O–H groups in total. The Kier molecular flexibility index (Phi) is 5.14. The fourth-order valence-corrected chi connectivity index (χ4v) is 4.16. The topological polar surface area (TPSA) is 66.4 Å². The molecule has 27 heavy (non-hydrogen) atoms. The minimum atomic E-state index is -0.0846. The van der Waals surface area contributed by atoms with E-state index in [9.17, 15) is 9.59 Å². The van der Waals surface area contributed by atoms with Crippen LogP contribution in [-0.2, 0) is 11.2 Å². The van der Waals surface area contributed by atoms with Crippen molar-refractivity contribution in [2.45, 2.75) is 31.7 Å². The summed E-state index contributed by atoms with van der Waals surface area (Å²) in [5, 5.41) is 0. The number of hydrogen-bond donors (Lipinski definition) is 0. The normalized spacial score (nSPS) is 21.8. The summed E-state index contributed by atoms with van der Waals surface area (Å²) in [4.78, 5) is 37.6. The molecule has 0 unspecified atom stereocenters. The van der Waals surface area contributed by atoms with Gasteiger partial charge in [-0.05, 0) is 30.7 Å². The van der Waals surface area contributed by atoms with Crippen molar-refractivity contribution in [1.29, 1.82) is 0 Å². The first-order valence-electron chi connectivity index (χ1n) is 9.59. The van der Waals surface area contributed by atoms with E-state index in [1.807, 2.05) is 28.0 Å². The Morgan fingerprint density at radius 1 is 1.04 bits per heavy atom. The molecule has 6 heteroatoms. The van der Waals surface area contributed by atoms with Crippen molar-refractivity contribution in [3.8, 4) is 0 Å². The van der Waals surface area contributed by atoms with Crippen LogP contribution in [0.3, 0.4) is 0 Å². The molecule has 1 aromatic carbocycles. The van der Waals surface area contributed by atoms with Crippen molar-refractivity contribution in [1.82, 2.24) is 19.8 Å². The molecule has 5 rings (SSSR count). The second kappa shape index (κ2) is 7.86. The first-order chi connectivity index (χ1) is 13.2. The van der Waals surface area contributed by atoms with E-state index in [2.05, 4.69) is 22.1 Å². The molecule has 6 nitrogen and oxygen atoms in total. The number of nitrogens with zero attached hydrogens (tertiary/aromatic N) is 4. The van der Waals surface area contributed by atoms with Crippen LogP contribution in [0.1, 0.15) is 35.3 Å². The third-order valence-corrected chi connectivity index (χ3v) is 5.57. The summed E-state index contributed by atoms with van der Waals surface area (Å²) in [5.41, 5.74) is 1.56. The molecule has 3 saturated heterocycles. The zero-order valence-corrected chi connectivity index (χ0v) is 15.3. The van der Waals surface area contributed by atoms with Gasteiger partial charge in [0, 0.05) is 44.5 Å². The maximum Gasteiger partial charge on any atom is 0.274 e. The first-order valence-corrected chi connectivity index (χ1v) is 9.59. The van der Waals surface area contributed by atoms with E-state index in [1.54, 1.807) is 12.4 Å². The van der Waals surface area contributed by atoms with Crippen molar-refractivity contribution in [3.63, 3.8) is 0 Å². The van der Waals surface area contributed by atoms with Crippen LogP contribution in [0.5, 0.6) is 0 Å². The number of fused-ring (bicyclic) bond motifs is 4. The number of amides is 2. The average Bonchev–Trinajstić information content (AvgIpc) is 3.05. The minimum Gasteiger partial charge on any atom is -0.338 e. The highest BCUT2D eigenvalue weighted by atomic mass is 16.2. The zero-order chi connectivity index (χ0) is 18.6. The van der Waals surface area contributed by atoms with Gasteiger partial charge in [0.1, 0.15) is 5.69 Å². The minimum absolute atomic E-state index is 0.0846. The van der Waals surface area contributed by atoms with Crippen LogP contribution in [0.25, 0.3) is 0 Å². The summed E-state index contributed by atoms with van der Waals surface area (Å²) >= 11 is 0. The fraction of sp³-hybridized carbons (Fsp3) is 0.429. The highest BCUT2D eigenvalue weighted by molar-refractivity contribution is 5.92. The van der Waals surface area contributed by atoms with Gasteiger partial charge in [0.25, 0.3) is 5.91 Å². The monoisotopic (exact) mass is 364 g/mol. The summed E-state index contributed by atoms with van der Waals surface area (Å²) in [7, 11) is 0. The summed E-state index contributed by atoms with van der Waals surface area (Å²) in [6.07, 6.45) is 7.93. The molecule has 3 aliphatic rings. The van der Waals surface area contributed by atoms with Crippen molar-refractivity contribution in [2.24, 2.45) is 5.92 Å². The van der Waals surface area contributed by atoms with Gasteiger partial charge < -0.3 is 9.80 Å². The van der Waals surface area contributed by atoms with Gasteiger partial charge in [0.05, 0.1) is 6.20 Å². The van der Waals surface area contributed by atoms with Crippen LogP contribution in [0, 0.1) is 5.92 Å². The highest BCUT2D eigenvalue weighted by Crippen LogP contribution is 2.29. The molecular formula is C21H24N4O2. The van der Waals surface area contributed by atoms with Gasteiger partial charge in [0.2, 0.25) is 5.91 Å². The highest BCUT2D eigenvalue weighted by Gasteiger charge is 2.38. The van der Waals surface area contributed by atoms with E-state index in [0.717, 1.165) is 25.8 Å². The number of benzene rings is 1. The molecule has 0 aliphatic carbocycles. The van der Waals surface area contributed by atoms with E-state index in [4.69, 9.17) is 0 Å². The standard InChI is InChI=1S/C21H24N4O2/c26-20(9-7-16-4-2-1-3-5-16)25-14-17-6-8-18(25)15-24(13-17)21(27)19-12-22-10-11-23-19/h1-5,10-12,17-18H,6-9,13-15H2/t17-,18+/m0/s1. The second-order valence-electron chi connectivity index (χ2n) is 7.43. The molecule has 3 fully saturated rings. The Morgan fingerprint density at radius 2 is 1.89 bits per heavy atom. The first kappa shape index (κ1) is 17.6. The lowest BCUT2D eigenvalue weighted by Gasteiger charge is -2.36. The number of carbonyl (C=O) groups excluding carboxylic acids is 2. The predicted molar refractivity (Wildman–Crippen MR) is 101 cm³/mol. The van der Waals surface area contributed by atoms with Crippen molar-refractivity contribution < 1.29 is 9.59 Å². The molecule has 0 saturated carbocycles. The lowest BCUT2D eigenvalue weighted by molar-refractivity contribution is -0.135. The van der Waals surface area contributed by atoms with Crippen molar-refractivity contribution in [2.75, 3.05) is 19.6 Å². The Hall–Kier alpha value is -2.76. The predicted octanol–water partition coefficient (Wildman–Crippen LogP) is 2.17. The lowest BCUT2D eigenvalue weighted by atomic mass is 9.94. The number of aryl methyl sites for hydroxylation is 1. The summed E-state index contributed by atoms with van der Waals surface area (Å²) in [6, 6.07) is 10.2. The number of rotatable bonds is 4. The van der Waals surface area contributed by atoms with Crippen LogP contribution in [0.4, 0.5) is 0 Å². The number of hydrogen-bond acceptors (Lipinski definition) is 4. The van der Waals surface area contributed by atoms with Gasteiger partial charge >= 0.3 is 0 Å². The molecule has 1 aromatic heterocycles. The zero-order valence-electron chi connectivity index (χ0n) is 15.3. The van der Waals surface area contributed by atoms with Gasteiger partial charge in [-0.25, -0.2) is 4.98 Å². The van der Waals surface area contributed by atoms with E-state index >= 15 is 0 Å². The number of aromatic nitrogens is 2. The Bertz CT molecular complexity index is 796. The van der Waals surface area contributed by atoms with E-state index in [-0.39, 0.29) is 17.9 Å². The van der Waals surface area contributed by atoms with Crippen LogP contribution in [0.2, 0.25) is 0 Å². The Morgan fingerprint density at radius 3 is 2.67 bits per heavy atom. The molecule has 0 spiro atoms. The maximum atomic E-state index is 12.9. The third-order valence-electron chi connectivity index (χ3n) is 5.57. The number of carbonyl (C=O) groups is 2. The maximum absolute atomic E-state index is 12.9. The SMILES string of the molecule is O=C(c1cnccn1)N1C[C@@H]2CC[C@H](C1)N(C(=O)CCc1ccccc1)C2. The van der Waals surface area contributed by atoms with Gasteiger partial charge in [0.15, 0.2) is 0 Å². The van der Waals surface area contributed by atoms with E-state index in [0.29, 0.717) is 31.1 Å². The van der Waals surface area contributed by atoms with Crippen LogP contribution < -0.4 is 0 Å². The lowest BCUT2D eigenvalue weighted by Crippen LogP contribution is -2.47. The number of piperidine rings is 1. The fourth-order valence-electron chi connectivity index (χ4n) is 4.16. The molecule has 140 valence electrons. The smallest absolute Gasteiger partial charge is 0.274 e. The van der Waals surface area contributed by atoms with E-state index in [1.165, 1.54) is 11.8 Å². The Labute approximate surface area is 159 Å². The third kappa shape index (κ3) is 3.99. The molecular weight excluding hydrogens is 340 g/mol. The molecule has 0 radical (unpaired) electrons. The molecule has 3 aliphatic heterocycles. The van der Waals surface area contributed by atoms with Crippen LogP contribution in [0.15, 0.2) is 48.9 Å². The molecule has 4 heterocycles. The summed E-state index contributed by atoms with van der Waals surface area (Å²) in [6.45, 7) is 2.03. The van der Waals surface area contributed by atoms with Gasteiger partial charge in [-0.3, -0.25) is 14.6 Å². The van der Waals surface area contributed by atoms with Gasteiger partial charge in [-0.1, -0.05) is 30.3 Å². The molecule has 2 amide bonds. The van der Waals surface area contributed by atoms with Crippen molar-refractivity contribution in [3.05, 3.63) is 60.2 Å². The second-order valence-corrected chi connectivity index (χ2v) is 7.43. The quantitative estimate of drug-likeness (QED) is 0.834. The summed E-state index contributed by atoms with van der Waals surface area (Å²) < 4.78 is 0. The van der Waals surface area contributed by atoms with E-state index < -0.39 is 0 Å². The largest absolute Gasteiger partial charge is 0.338 e.